The first-order chi connectivity index (χ1) is 12.9. The molecule has 0 heterocycles. The van der Waals surface area contributed by atoms with E-state index >= 15 is 0 Å². The molecule has 0 aliphatic rings. The topological polar surface area (TPSA) is 102 Å². The number of carbonyl (C=O) groups is 3. The normalized spacial score (nSPS) is 12.5. The van der Waals surface area contributed by atoms with Crippen LogP contribution in [-0.4, -0.2) is 34.9 Å². The van der Waals surface area contributed by atoms with E-state index in [0.29, 0.717) is 17.0 Å². The van der Waals surface area contributed by atoms with Gasteiger partial charge in [-0.15, -0.1) is 0 Å². The Balaban J connectivity index is 2.30. The third kappa shape index (κ3) is 5.49. The van der Waals surface area contributed by atoms with E-state index in [1.165, 1.54) is 12.3 Å². The molecule has 3 amide bonds. The molecule has 0 aliphatic heterocycles. The molecule has 0 bridgehead atoms. The largest absolute Gasteiger partial charge is 0.444 e. The van der Waals surface area contributed by atoms with Gasteiger partial charge in [0.05, 0.1) is 21.3 Å². The lowest BCUT2D eigenvalue weighted by Crippen LogP contribution is -2.42. The van der Waals surface area contributed by atoms with Gasteiger partial charge in [-0.1, -0.05) is 42.5 Å². The summed E-state index contributed by atoms with van der Waals surface area (Å²) in [7, 11) is -1.41. The van der Waals surface area contributed by atoms with Crippen LogP contribution in [0.4, 0.5) is 4.79 Å². The fourth-order valence-electron chi connectivity index (χ4n) is 2.34. The van der Waals surface area contributed by atoms with Crippen LogP contribution in [-0.2, 0) is 20.3 Å². The number of amides is 3. The second kappa shape index (κ2) is 9.63. The molecule has 142 valence electrons. The minimum absolute atomic E-state index is 0.102. The van der Waals surface area contributed by atoms with E-state index < -0.39 is 34.8 Å². The van der Waals surface area contributed by atoms with Gasteiger partial charge in [-0.2, -0.15) is 0 Å². The highest BCUT2D eigenvalue weighted by molar-refractivity contribution is 7.84. The maximum Gasteiger partial charge on any atom is 0.340 e. The lowest BCUT2D eigenvalue weighted by atomic mass is 10.1. The molecule has 0 saturated heterocycles. The molecule has 2 N–H and O–H groups in total. The smallest absolute Gasteiger partial charge is 0.340 e. The summed E-state index contributed by atoms with van der Waals surface area (Å²) >= 11 is 0. The van der Waals surface area contributed by atoms with Crippen LogP contribution in [0.5, 0.6) is 0 Å². The van der Waals surface area contributed by atoms with Gasteiger partial charge in [-0.05, 0) is 19.1 Å². The number of hydrogen-bond donors (Lipinski definition) is 2. The molecule has 7 nitrogen and oxygen atoms in total. The number of imide groups is 1. The standard InChI is InChI=1S/C19H20N2O5S/c1-3-20-19(24)21-17(22)16(13-9-5-4-6-10-13)26-18(23)14-11-7-8-12-15(14)27(2)25/h4-12,16H,3H2,1-2H3,(H2,20,21,22,24)/t16-,27-/m1/s1. The van der Waals surface area contributed by atoms with E-state index in [0.717, 1.165) is 0 Å². The molecule has 0 radical (unpaired) electrons. The van der Waals surface area contributed by atoms with Crippen LogP contribution in [0, 0.1) is 0 Å². The predicted octanol–water partition coefficient (Wildman–Crippen LogP) is 2.17. The summed E-state index contributed by atoms with van der Waals surface area (Å²) < 4.78 is 17.2. The highest BCUT2D eigenvalue weighted by atomic mass is 32.2. The number of nitrogens with one attached hydrogen (secondary N) is 2. The summed E-state index contributed by atoms with van der Waals surface area (Å²) in [6.07, 6.45) is 0.113. The average molecular weight is 388 g/mol. The van der Waals surface area contributed by atoms with E-state index in [1.807, 2.05) is 0 Å². The SMILES string of the molecule is CCNC(=O)NC(=O)[C@H](OC(=O)c1ccccc1[S@@](C)=O)c1ccccc1. The Kier molecular flexibility index (Phi) is 7.25. The molecule has 0 spiro atoms. The quantitative estimate of drug-likeness (QED) is 0.739. The van der Waals surface area contributed by atoms with Crippen molar-refractivity contribution in [2.24, 2.45) is 0 Å². The van der Waals surface area contributed by atoms with Crippen LogP contribution in [0.15, 0.2) is 59.5 Å². The molecular formula is C19H20N2O5S. The van der Waals surface area contributed by atoms with Crippen molar-refractivity contribution in [3.8, 4) is 0 Å². The van der Waals surface area contributed by atoms with Crippen molar-refractivity contribution >= 4 is 28.7 Å². The van der Waals surface area contributed by atoms with Gasteiger partial charge in [0.15, 0.2) is 0 Å². The third-order valence-electron chi connectivity index (χ3n) is 3.56. The lowest BCUT2D eigenvalue weighted by molar-refractivity contribution is -0.129. The molecule has 2 atom stereocenters. The Morgan fingerprint density at radius 1 is 1.04 bits per heavy atom. The third-order valence-corrected chi connectivity index (χ3v) is 4.53. The molecule has 0 fully saturated rings. The van der Waals surface area contributed by atoms with Gasteiger partial charge in [0.25, 0.3) is 5.91 Å². The highest BCUT2D eigenvalue weighted by Crippen LogP contribution is 2.22. The van der Waals surface area contributed by atoms with Crippen molar-refractivity contribution in [2.45, 2.75) is 17.9 Å². The molecule has 0 saturated carbocycles. The molecular weight excluding hydrogens is 368 g/mol. The number of rotatable bonds is 6. The Morgan fingerprint density at radius 2 is 1.67 bits per heavy atom. The average Bonchev–Trinajstić information content (AvgIpc) is 2.66. The Morgan fingerprint density at radius 3 is 2.30 bits per heavy atom. The summed E-state index contributed by atoms with van der Waals surface area (Å²) in [5.41, 5.74) is 0.507. The first-order valence-corrected chi connectivity index (χ1v) is 9.77. The van der Waals surface area contributed by atoms with Crippen LogP contribution < -0.4 is 10.6 Å². The van der Waals surface area contributed by atoms with Gasteiger partial charge in [-0.25, -0.2) is 9.59 Å². The van der Waals surface area contributed by atoms with E-state index in [4.69, 9.17) is 4.74 Å². The minimum Gasteiger partial charge on any atom is -0.444 e. The summed E-state index contributed by atoms with van der Waals surface area (Å²) in [6.45, 7) is 2.05. The van der Waals surface area contributed by atoms with Crippen molar-refractivity contribution in [3.05, 3.63) is 65.7 Å². The van der Waals surface area contributed by atoms with Crippen molar-refractivity contribution < 1.29 is 23.3 Å². The van der Waals surface area contributed by atoms with Crippen LogP contribution in [0.3, 0.4) is 0 Å². The van der Waals surface area contributed by atoms with Crippen molar-refractivity contribution in [1.29, 1.82) is 0 Å². The van der Waals surface area contributed by atoms with Gasteiger partial charge in [0.2, 0.25) is 6.10 Å². The highest BCUT2D eigenvalue weighted by Gasteiger charge is 2.28. The Hall–Kier alpha value is -3.00. The van der Waals surface area contributed by atoms with E-state index in [-0.39, 0.29) is 5.56 Å². The molecule has 27 heavy (non-hydrogen) atoms. The zero-order valence-corrected chi connectivity index (χ0v) is 15.7. The summed E-state index contributed by atoms with van der Waals surface area (Å²) in [5.74, 6) is -1.59. The maximum atomic E-state index is 12.6. The molecule has 2 aromatic carbocycles. The predicted molar refractivity (Wildman–Crippen MR) is 101 cm³/mol. The molecule has 0 aromatic heterocycles. The zero-order valence-electron chi connectivity index (χ0n) is 14.9. The summed E-state index contributed by atoms with van der Waals surface area (Å²) in [5, 5.41) is 4.59. The number of urea groups is 1. The summed E-state index contributed by atoms with van der Waals surface area (Å²) in [6, 6.07) is 14.0. The fourth-order valence-corrected chi connectivity index (χ4v) is 3.07. The van der Waals surface area contributed by atoms with Crippen LogP contribution >= 0.6 is 0 Å². The van der Waals surface area contributed by atoms with E-state index in [1.54, 1.807) is 55.5 Å². The van der Waals surface area contributed by atoms with Gasteiger partial charge in [-0.3, -0.25) is 14.3 Å². The second-order valence-electron chi connectivity index (χ2n) is 5.50. The molecule has 2 rings (SSSR count). The zero-order chi connectivity index (χ0) is 19.8. The van der Waals surface area contributed by atoms with Gasteiger partial charge in [0.1, 0.15) is 0 Å². The number of hydrogen-bond acceptors (Lipinski definition) is 5. The molecule has 8 heteroatoms. The van der Waals surface area contributed by atoms with Crippen LogP contribution in [0.25, 0.3) is 0 Å². The van der Waals surface area contributed by atoms with Gasteiger partial charge >= 0.3 is 12.0 Å². The van der Waals surface area contributed by atoms with E-state index in [9.17, 15) is 18.6 Å². The molecule has 2 aromatic rings. The van der Waals surface area contributed by atoms with Crippen LogP contribution in [0.2, 0.25) is 0 Å². The van der Waals surface area contributed by atoms with Crippen molar-refractivity contribution in [3.63, 3.8) is 0 Å². The van der Waals surface area contributed by atoms with E-state index in [2.05, 4.69) is 10.6 Å². The molecule has 0 unspecified atom stereocenters. The summed E-state index contributed by atoms with van der Waals surface area (Å²) in [4.78, 5) is 37.1. The van der Waals surface area contributed by atoms with Gasteiger partial charge < -0.3 is 10.1 Å². The van der Waals surface area contributed by atoms with Crippen LogP contribution in [0.1, 0.15) is 28.9 Å². The van der Waals surface area contributed by atoms with Crippen molar-refractivity contribution in [2.75, 3.05) is 12.8 Å². The number of esters is 1. The maximum absolute atomic E-state index is 12.6. The minimum atomic E-state index is -1.41. The monoisotopic (exact) mass is 388 g/mol. The Labute approximate surface area is 159 Å². The lowest BCUT2D eigenvalue weighted by Gasteiger charge is -2.18. The first-order valence-electron chi connectivity index (χ1n) is 8.21. The van der Waals surface area contributed by atoms with Gasteiger partial charge in [0, 0.05) is 18.4 Å². The fraction of sp³-hybridized carbons (Fsp3) is 0.211. The number of carbonyl (C=O) groups excluding carboxylic acids is 3. The Bertz CT molecular complexity index is 854. The van der Waals surface area contributed by atoms with Crippen molar-refractivity contribution in [1.82, 2.24) is 10.6 Å². The number of benzene rings is 2. The number of ether oxygens (including phenoxy) is 1. The second-order valence-corrected chi connectivity index (χ2v) is 6.84. The molecule has 0 aliphatic carbocycles. The first kappa shape index (κ1) is 20.3.